The molecule has 0 spiro atoms. The van der Waals surface area contributed by atoms with E-state index in [0.29, 0.717) is 6.61 Å². The molecule has 1 saturated heterocycles. The smallest absolute Gasteiger partial charge is 0.228 e. The zero-order valence-electron chi connectivity index (χ0n) is 14.5. The van der Waals surface area contributed by atoms with Crippen LogP contribution in [0.3, 0.4) is 0 Å². The van der Waals surface area contributed by atoms with Gasteiger partial charge in [0.15, 0.2) is 0 Å². The van der Waals surface area contributed by atoms with Crippen molar-refractivity contribution in [2.24, 2.45) is 5.41 Å². The van der Waals surface area contributed by atoms with Crippen molar-refractivity contribution < 1.29 is 19.4 Å². The number of rotatable bonds is 8. The van der Waals surface area contributed by atoms with Crippen LogP contribution in [0.1, 0.15) is 18.4 Å². The van der Waals surface area contributed by atoms with E-state index in [0.717, 1.165) is 37.2 Å². The molecule has 1 aromatic rings. The molecule has 24 heavy (non-hydrogen) atoms. The average Bonchev–Trinajstić information content (AvgIpc) is 2.59. The van der Waals surface area contributed by atoms with Crippen LogP contribution in [0.5, 0.6) is 5.75 Å². The van der Waals surface area contributed by atoms with Crippen LogP contribution in [0.15, 0.2) is 24.3 Å². The van der Waals surface area contributed by atoms with Gasteiger partial charge < -0.3 is 25.2 Å². The molecule has 2 rings (SSSR count). The molecule has 6 heteroatoms. The lowest BCUT2D eigenvalue weighted by Gasteiger charge is -2.35. The van der Waals surface area contributed by atoms with Crippen LogP contribution in [0.2, 0.25) is 0 Å². The van der Waals surface area contributed by atoms with E-state index in [2.05, 4.69) is 10.6 Å². The van der Waals surface area contributed by atoms with Gasteiger partial charge in [-0.25, -0.2) is 0 Å². The lowest BCUT2D eigenvalue weighted by Crippen LogP contribution is -2.51. The fraction of sp³-hybridized carbons (Fsp3) is 0.611. The molecule has 0 radical (unpaired) electrons. The van der Waals surface area contributed by atoms with Crippen LogP contribution >= 0.6 is 0 Å². The molecule has 6 nitrogen and oxygen atoms in total. The van der Waals surface area contributed by atoms with E-state index >= 15 is 0 Å². The lowest BCUT2D eigenvalue weighted by atomic mass is 9.78. The van der Waals surface area contributed by atoms with Gasteiger partial charge in [0.2, 0.25) is 5.91 Å². The molecule has 1 atom stereocenters. The first-order valence-electron chi connectivity index (χ1n) is 8.41. The highest BCUT2D eigenvalue weighted by Gasteiger charge is 2.39. The molecule has 1 fully saturated rings. The van der Waals surface area contributed by atoms with Gasteiger partial charge in [0.05, 0.1) is 12.0 Å². The highest BCUT2D eigenvalue weighted by atomic mass is 16.5. The summed E-state index contributed by atoms with van der Waals surface area (Å²) in [5.74, 6) is 0.662. The van der Waals surface area contributed by atoms with Crippen molar-refractivity contribution in [3.63, 3.8) is 0 Å². The number of hydrogen-bond acceptors (Lipinski definition) is 5. The largest absolute Gasteiger partial charge is 0.491 e. The molecular weight excluding hydrogens is 308 g/mol. The second-order valence-electron chi connectivity index (χ2n) is 6.45. The van der Waals surface area contributed by atoms with Crippen molar-refractivity contribution in [2.75, 3.05) is 40.0 Å². The number of carbonyl (C=O) groups excluding carboxylic acids is 1. The first-order valence-corrected chi connectivity index (χ1v) is 8.41. The Bertz CT molecular complexity index is 524. The van der Waals surface area contributed by atoms with Crippen LogP contribution < -0.4 is 15.4 Å². The Morgan fingerprint density at radius 2 is 2.17 bits per heavy atom. The minimum absolute atomic E-state index is 0.0551. The molecule has 3 N–H and O–H groups in total. The summed E-state index contributed by atoms with van der Waals surface area (Å²) < 4.78 is 10.8. The van der Waals surface area contributed by atoms with Gasteiger partial charge in [0.1, 0.15) is 18.5 Å². The summed E-state index contributed by atoms with van der Waals surface area (Å²) in [6.07, 6.45) is 0.723. The Labute approximate surface area is 143 Å². The Hall–Kier alpha value is -1.63. The Morgan fingerprint density at radius 1 is 1.42 bits per heavy atom. The summed E-state index contributed by atoms with van der Waals surface area (Å²) in [4.78, 5) is 12.6. The summed E-state index contributed by atoms with van der Waals surface area (Å²) in [6.45, 7) is 4.30. The van der Waals surface area contributed by atoms with Crippen LogP contribution in [0.25, 0.3) is 0 Å². The molecular formula is C18H28N2O4. The summed E-state index contributed by atoms with van der Waals surface area (Å²) >= 11 is 0. The number of aryl methyl sites for hydroxylation is 1. The molecule has 0 saturated carbocycles. The molecule has 0 aromatic heterocycles. The first-order chi connectivity index (χ1) is 11.6. The fourth-order valence-electron chi connectivity index (χ4n) is 2.97. The van der Waals surface area contributed by atoms with E-state index in [4.69, 9.17) is 9.47 Å². The number of aliphatic hydroxyl groups excluding tert-OH is 1. The second kappa shape index (κ2) is 9.01. The molecule has 1 amide bonds. The molecule has 1 aliphatic rings. The molecule has 0 aliphatic carbocycles. The summed E-state index contributed by atoms with van der Waals surface area (Å²) in [5, 5.41) is 16.2. The third-order valence-electron chi connectivity index (χ3n) is 4.39. The fourth-order valence-corrected chi connectivity index (χ4v) is 2.97. The van der Waals surface area contributed by atoms with Gasteiger partial charge in [-0.15, -0.1) is 0 Å². The molecule has 1 aromatic carbocycles. The van der Waals surface area contributed by atoms with E-state index in [1.54, 1.807) is 7.11 Å². The molecule has 1 unspecified atom stereocenters. The van der Waals surface area contributed by atoms with Gasteiger partial charge in [0, 0.05) is 13.7 Å². The predicted octanol–water partition coefficient (Wildman–Crippen LogP) is 0.867. The van der Waals surface area contributed by atoms with Crippen molar-refractivity contribution in [3.8, 4) is 5.75 Å². The normalized spacial score (nSPS) is 18.0. The number of aliphatic hydroxyl groups is 1. The van der Waals surface area contributed by atoms with Gasteiger partial charge in [0.25, 0.3) is 0 Å². The average molecular weight is 336 g/mol. The quantitative estimate of drug-likeness (QED) is 0.656. The maximum Gasteiger partial charge on any atom is 0.228 e. The number of piperidine rings is 1. The zero-order valence-corrected chi connectivity index (χ0v) is 14.5. The number of hydrogen-bond donors (Lipinski definition) is 3. The zero-order chi connectivity index (χ0) is 17.4. The predicted molar refractivity (Wildman–Crippen MR) is 92.1 cm³/mol. The third kappa shape index (κ3) is 5.19. The van der Waals surface area contributed by atoms with Gasteiger partial charge in [-0.05, 0) is 50.6 Å². The second-order valence-corrected chi connectivity index (χ2v) is 6.45. The van der Waals surface area contributed by atoms with Gasteiger partial charge in [-0.3, -0.25) is 4.79 Å². The number of nitrogens with one attached hydrogen (secondary N) is 2. The van der Waals surface area contributed by atoms with E-state index in [1.165, 1.54) is 0 Å². The lowest BCUT2D eigenvalue weighted by molar-refractivity contribution is -0.136. The molecule has 134 valence electrons. The maximum absolute atomic E-state index is 12.6. The van der Waals surface area contributed by atoms with Crippen molar-refractivity contribution >= 4 is 5.91 Å². The van der Waals surface area contributed by atoms with Crippen molar-refractivity contribution in [1.82, 2.24) is 10.6 Å². The monoisotopic (exact) mass is 336 g/mol. The van der Waals surface area contributed by atoms with E-state index in [1.807, 2.05) is 31.2 Å². The van der Waals surface area contributed by atoms with Crippen molar-refractivity contribution in [2.45, 2.75) is 25.9 Å². The van der Waals surface area contributed by atoms with Gasteiger partial charge in [-0.2, -0.15) is 0 Å². The number of ether oxygens (including phenoxy) is 2. The first kappa shape index (κ1) is 18.7. The number of amides is 1. The van der Waals surface area contributed by atoms with Crippen LogP contribution in [-0.4, -0.2) is 57.1 Å². The van der Waals surface area contributed by atoms with Gasteiger partial charge in [-0.1, -0.05) is 12.1 Å². The molecule has 0 bridgehead atoms. The van der Waals surface area contributed by atoms with Crippen LogP contribution in [0.4, 0.5) is 0 Å². The Morgan fingerprint density at radius 3 is 2.83 bits per heavy atom. The Kier molecular flexibility index (Phi) is 7.02. The minimum Gasteiger partial charge on any atom is -0.491 e. The van der Waals surface area contributed by atoms with E-state index < -0.39 is 11.5 Å². The minimum atomic E-state index is -0.754. The van der Waals surface area contributed by atoms with E-state index in [9.17, 15) is 9.90 Å². The Balaban J connectivity index is 1.79. The van der Waals surface area contributed by atoms with Crippen LogP contribution in [0, 0.1) is 12.3 Å². The summed E-state index contributed by atoms with van der Waals surface area (Å²) in [6, 6.07) is 7.65. The highest BCUT2D eigenvalue weighted by Crippen LogP contribution is 2.29. The number of methoxy groups -OCH3 is 1. The third-order valence-corrected chi connectivity index (χ3v) is 4.39. The number of benzene rings is 1. The van der Waals surface area contributed by atoms with Crippen molar-refractivity contribution in [3.05, 3.63) is 29.8 Å². The summed E-state index contributed by atoms with van der Waals surface area (Å²) in [5.41, 5.74) is 0.597. The van der Waals surface area contributed by atoms with Crippen LogP contribution in [-0.2, 0) is 9.53 Å². The molecule has 1 aliphatic heterocycles. The SMILES string of the molecule is COCC1(C(=O)NCC(O)COc2cccc(C)c2)CCNCC1. The van der Waals surface area contributed by atoms with E-state index in [-0.39, 0.29) is 19.1 Å². The summed E-state index contributed by atoms with van der Waals surface area (Å²) in [7, 11) is 1.61. The molecule has 1 heterocycles. The number of carbonyl (C=O) groups is 1. The standard InChI is InChI=1S/C18H28N2O4/c1-14-4-3-5-16(10-14)24-12-15(21)11-20-17(22)18(13-23-2)6-8-19-9-7-18/h3-5,10,15,19,21H,6-9,11-13H2,1-2H3,(H,20,22). The van der Waals surface area contributed by atoms with Crippen molar-refractivity contribution in [1.29, 1.82) is 0 Å². The highest BCUT2D eigenvalue weighted by molar-refractivity contribution is 5.83. The topological polar surface area (TPSA) is 79.8 Å². The van der Waals surface area contributed by atoms with Gasteiger partial charge >= 0.3 is 0 Å². The maximum atomic E-state index is 12.6.